The second kappa shape index (κ2) is 9.85. The Morgan fingerprint density at radius 2 is 1.90 bits per heavy atom. The zero-order chi connectivity index (χ0) is 20.8. The van der Waals surface area contributed by atoms with Crippen molar-refractivity contribution >= 4 is 5.91 Å². The van der Waals surface area contributed by atoms with Gasteiger partial charge in [0.2, 0.25) is 5.91 Å². The number of carbonyl (C=O) groups is 1. The van der Waals surface area contributed by atoms with Crippen molar-refractivity contribution in [3.63, 3.8) is 0 Å². The lowest BCUT2D eigenvalue weighted by Crippen LogP contribution is -2.36. The standard InChI is InChI=1S/C22H31FN4O2/c1-3-4-5-16-6-8-18(9-7-16)21(28)24-14-15-27-22(29)26(2)20(25-27)17-10-12-19(23)13-11-17/h10-13,16,18H,3-9,14-15H2,1-2H3,(H,24,28). The molecule has 3 rings (SSSR count). The summed E-state index contributed by atoms with van der Waals surface area (Å²) in [6.45, 7) is 2.90. The van der Waals surface area contributed by atoms with Gasteiger partial charge < -0.3 is 5.32 Å². The first-order chi connectivity index (χ1) is 14.0. The molecule has 1 amide bonds. The topological polar surface area (TPSA) is 68.9 Å². The predicted octanol–water partition coefficient (Wildman–Crippen LogP) is 3.50. The van der Waals surface area contributed by atoms with Crippen molar-refractivity contribution in [2.75, 3.05) is 6.54 Å². The van der Waals surface area contributed by atoms with E-state index in [1.807, 2.05) is 0 Å². The van der Waals surface area contributed by atoms with Crippen molar-refractivity contribution in [2.45, 2.75) is 58.4 Å². The van der Waals surface area contributed by atoms with Crippen molar-refractivity contribution in [3.8, 4) is 11.4 Å². The molecule has 0 saturated heterocycles. The summed E-state index contributed by atoms with van der Waals surface area (Å²) in [7, 11) is 1.64. The van der Waals surface area contributed by atoms with Crippen LogP contribution in [0.5, 0.6) is 0 Å². The minimum atomic E-state index is -0.333. The van der Waals surface area contributed by atoms with E-state index in [1.54, 1.807) is 19.2 Å². The Hall–Kier alpha value is -2.44. The van der Waals surface area contributed by atoms with Gasteiger partial charge in [0.05, 0.1) is 6.54 Å². The maximum atomic E-state index is 13.1. The molecule has 0 unspecified atom stereocenters. The van der Waals surface area contributed by atoms with Crippen molar-refractivity contribution in [2.24, 2.45) is 18.9 Å². The Labute approximate surface area is 171 Å². The van der Waals surface area contributed by atoms with Gasteiger partial charge in [-0.15, -0.1) is 5.10 Å². The molecule has 0 bridgehead atoms. The summed E-state index contributed by atoms with van der Waals surface area (Å²) < 4.78 is 15.9. The fourth-order valence-electron chi connectivity index (χ4n) is 4.12. The van der Waals surface area contributed by atoms with Gasteiger partial charge >= 0.3 is 5.69 Å². The van der Waals surface area contributed by atoms with E-state index in [1.165, 1.54) is 40.6 Å². The molecular weight excluding hydrogens is 371 g/mol. The largest absolute Gasteiger partial charge is 0.354 e. The van der Waals surface area contributed by atoms with Gasteiger partial charge in [0.25, 0.3) is 0 Å². The monoisotopic (exact) mass is 402 g/mol. The Morgan fingerprint density at radius 1 is 1.21 bits per heavy atom. The lowest BCUT2D eigenvalue weighted by atomic mass is 9.79. The van der Waals surface area contributed by atoms with Crippen LogP contribution in [0.1, 0.15) is 51.9 Å². The lowest BCUT2D eigenvalue weighted by molar-refractivity contribution is -0.126. The normalized spacial score (nSPS) is 19.3. The summed E-state index contributed by atoms with van der Waals surface area (Å²) in [5.74, 6) is 1.09. The third-order valence-corrected chi connectivity index (χ3v) is 5.95. The Kier molecular flexibility index (Phi) is 7.23. The predicted molar refractivity (Wildman–Crippen MR) is 111 cm³/mol. The van der Waals surface area contributed by atoms with E-state index in [2.05, 4.69) is 17.3 Å². The smallest absolute Gasteiger partial charge is 0.345 e. The number of carbonyl (C=O) groups excluding carboxylic acids is 1. The maximum Gasteiger partial charge on any atom is 0.345 e. The van der Waals surface area contributed by atoms with E-state index in [0.717, 1.165) is 31.6 Å². The number of amides is 1. The number of rotatable bonds is 8. The summed E-state index contributed by atoms with van der Waals surface area (Å²) in [6, 6.07) is 5.88. The van der Waals surface area contributed by atoms with Gasteiger partial charge in [-0.2, -0.15) is 0 Å². The summed E-state index contributed by atoms with van der Waals surface area (Å²) in [5.41, 5.74) is 0.420. The Morgan fingerprint density at radius 3 is 2.55 bits per heavy atom. The van der Waals surface area contributed by atoms with Gasteiger partial charge in [-0.25, -0.2) is 13.9 Å². The first-order valence-corrected chi connectivity index (χ1v) is 10.7. The molecular formula is C22H31FN4O2. The van der Waals surface area contributed by atoms with Crippen LogP contribution in [0.2, 0.25) is 0 Å². The first-order valence-electron chi connectivity index (χ1n) is 10.7. The molecule has 0 radical (unpaired) electrons. The highest BCUT2D eigenvalue weighted by Gasteiger charge is 2.25. The number of hydrogen-bond donors (Lipinski definition) is 1. The Balaban J connectivity index is 1.51. The third-order valence-electron chi connectivity index (χ3n) is 5.95. The van der Waals surface area contributed by atoms with E-state index in [4.69, 9.17) is 0 Å². The van der Waals surface area contributed by atoms with E-state index < -0.39 is 0 Å². The van der Waals surface area contributed by atoms with Crippen molar-refractivity contribution in [1.29, 1.82) is 0 Å². The van der Waals surface area contributed by atoms with Gasteiger partial charge in [-0.1, -0.05) is 26.2 Å². The highest BCUT2D eigenvalue weighted by molar-refractivity contribution is 5.78. The van der Waals surface area contributed by atoms with E-state index in [-0.39, 0.29) is 23.3 Å². The number of aromatic nitrogens is 3. The van der Waals surface area contributed by atoms with Crippen LogP contribution in [0.15, 0.2) is 29.1 Å². The second-order valence-corrected chi connectivity index (χ2v) is 8.05. The molecule has 29 heavy (non-hydrogen) atoms. The highest BCUT2D eigenvalue weighted by Crippen LogP contribution is 2.31. The first kappa shape index (κ1) is 21.3. The molecule has 0 atom stereocenters. The third kappa shape index (κ3) is 5.34. The minimum absolute atomic E-state index is 0.0849. The lowest BCUT2D eigenvalue weighted by Gasteiger charge is -2.27. The van der Waals surface area contributed by atoms with Crippen LogP contribution in [0, 0.1) is 17.7 Å². The Bertz CT molecular complexity index is 864. The molecule has 2 aromatic rings. The fraction of sp³-hybridized carbons (Fsp3) is 0.591. The molecule has 1 aromatic heterocycles. The molecule has 1 heterocycles. The van der Waals surface area contributed by atoms with Gasteiger partial charge in [0, 0.05) is 25.1 Å². The zero-order valence-electron chi connectivity index (χ0n) is 17.4. The second-order valence-electron chi connectivity index (χ2n) is 8.05. The van der Waals surface area contributed by atoms with Gasteiger partial charge in [0.1, 0.15) is 5.82 Å². The van der Waals surface area contributed by atoms with Crippen LogP contribution in [0.25, 0.3) is 11.4 Å². The zero-order valence-corrected chi connectivity index (χ0v) is 17.4. The molecule has 6 nitrogen and oxygen atoms in total. The molecule has 158 valence electrons. The van der Waals surface area contributed by atoms with E-state index in [9.17, 15) is 14.0 Å². The van der Waals surface area contributed by atoms with Crippen molar-refractivity contribution < 1.29 is 9.18 Å². The summed E-state index contributed by atoms with van der Waals surface area (Å²) >= 11 is 0. The SMILES string of the molecule is CCCCC1CCC(C(=O)NCCn2nc(-c3ccc(F)cc3)n(C)c2=O)CC1. The number of benzene rings is 1. The summed E-state index contributed by atoms with van der Waals surface area (Å²) in [5, 5.41) is 7.31. The molecule has 7 heteroatoms. The molecule has 1 fully saturated rings. The number of unbranched alkanes of at least 4 members (excludes halogenated alkanes) is 1. The number of hydrogen-bond acceptors (Lipinski definition) is 3. The minimum Gasteiger partial charge on any atom is -0.354 e. The fourth-order valence-corrected chi connectivity index (χ4v) is 4.12. The van der Waals surface area contributed by atoms with Crippen molar-refractivity contribution in [3.05, 3.63) is 40.6 Å². The average Bonchev–Trinajstić information content (AvgIpc) is 3.02. The molecule has 0 spiro atoms. The quantitative estimate of drug-likeness (QED) is 0.735. The number of halogens is 1. The molecule has 1 saturated carbocycles. The number of nitrogens with one attached hydrogen (secondary N) is 1. The molecule has 0 aliphatic heterocycles. The van der Waals surface area contributed by atoms with Crippen LogP contribution in [-0.4, -0.2) is 26.8 Å². The summed E-state index contributed by atoms with van der Waals surface area (Å²) in [4.78, 5) is 24.9. The number of nitrogens with zero attached hydrogens (tertiary/aromatic N) is 3. The molecule has 1 aliphatic carbocycles. The molecule has 1 aromatic carbocycles. The van der Waals surface area contributed by atoms with Crippen molar-refractivity contribution in [1.82, 2.24) is 19.7 Å². The van der Waals surface area contributed by atoms with Gasteiger partial charge in [0.15, 0.2) is 5.82 Å². The van der Waals surface area contributed by atoms with Crippen LogP contribution < -0.4 is 11.0 Å². The van der Waals surface area contributed by atoms with Gasteiger partial charge in [-0.05, 0) is 55.9 Å². The maximum absolute atomic E-state index is 13.1. The van der Waals surface area contributed by atoms with E-state index in [0.29, 0.717) is 24.5 Å². The molecule has 1 aliphatic rings. The van der Waals surface area contributed by atoms with Crippen LogP contribution in [-0.2, 0) is 18.4 Å². The van der Waals surface area contributed by atoms with Crippen LogP contribution in [0.3, 0.4) is 0 Å². The van der Waals surface area contributed by atoms with Crippen LogP contribution in [0.4, 0.5) is 4.39 Å². The molecule has 1 N–H and O–H groups in total. The van der Waals surface area contributed by atoms with E-state index >= 15 is 0 Å². The van der Waals surface area contributed by atoms with Crippen LogP contribution >= 0.6 is 0 Å². The average molecular weight is 403 g/mol. The summed E-state index contributed by atoms with van der Waals surface area (Å²) in [6.07, 6.45) is 7.98. The highest BCUT2D eigenvalue weighted by atomic mass is 19.1. The van der Waals surface area contributed by atoms with Gasteiger partial charge in [-0.3, -0.25) is 9.36 Å².